The highest BCUT2D eigenvalue weighted by Crippen LogP contribution is 2.28. The lowest BCUT2D eigenvalue weighted by atomic mass is 10.1. The highest BCUT2D eigenvalue weighted by Gasteiger charge is 2.19. The monoisotopic (exact) mass is 338 g/mol. The van der Waals surface area contributed by atoms with Crippen LogP contribution in [0.4, 0.5) is 5.13 Å². The van der Waals surface area contributed by atoms with E-state index in [0.717, 1.165) is 15.8 Å². The van der Waals surface area contributed by atoms with Crippen LogP contribution in [0, 0.1) is 20.8 Å². The van der Waals surface area contributed by atoms with Crippen LogP contribution in [0.15, 0.2) is 28.8 Å². The minimum absolute atomic E-state index is 0.243. The Bertz CT molecular complexity index is 1100. The van der Waals surface area contributed by atoms with Gasteiger partial charge in [0.2, 0.25) is 0 Å². The Kier molecular flexibility index (Phi) is 3.31. The molecule has 7 heteroatoms. The van der Waals surface area contributed by atoms with E-state index in [9.17, 15) is 4.79 Å². The SMILES string of the molecule is Cc1ccc2nc(NC(=O)c3cc(C)nc4onc(C)c34)sc2c1. The van der Waals surface area contributed by atoms with E-state index in [2.05, 4.69) is 26.5 Å². The molecule has 4 rings (SSSR count). The van der Waals surface area contributed by atoms with Crippen molar-refractivity contribution < 1.29 is 9.32 Å². The standard InChI is InChI=1S/C17H14N4O2S/c1-8-4-5-12-13(6-8)24-17(19-12)20-15(22)11-7-9(2)18-16-14(11)10(3)21-23-16/h4-7H,1-3H3,(H,19,20,22). The predicted molar refractivity (Wildman–Crippen MR) is 93.6 cm³/mol. The summed E-state index contributed by atoms with van der Waals surface area (Å²) in [5, 5.41) is 7.98. The van der Waals surface area contributed by atoms with E-state index in [4.69, 9.17) is 4.52 Å². The Labute approximate surface area is 141 Å². The first-order chi connectivity index (χ1) is 11.5. The van der Waals surface area contributed by atoms with E-state index in [1.165, 1.54) is 11.3 Å². The van der Waals surface area contributed by atoms with Crippen LogP contribution < -0.4 is 5.32 Å². The minimum atomic E-state index is -0.243. The number of carbonyl (C=O) groups excluding carboxylic acids is 1. The summed E-state index contributed by atoms with van der Waals surface area (Å²) in [5.74, 6) is -0.243. The average Bonchev–Trinajstić information content (AvgIpc) is 3.09. The fraction of sp³-hybridized carbons (Fsp3) is 0.176. The zero-order valence-electron chi connectivity index (χ0n) is 13.4. The van der Waals surface area contributed by atoms with Gasteiger partial charge in [-0.2, -0.15) is 0 Å². The number of fused-ring (bicyclic) bond motifs is 2. The summed E-state index contributed by atoms with van der Waals surface area (Å²) >= 11 is 1.45. The third-order valence-corrected chi connectivity index (χ3v) is 4.69. The van der Waals surface area contributed by atoms with Gasteiger partial charge in [-0.25, -0.2) is 9.97 Å². The summed E-state index contributed by atoms with van der Waals surface area (Å²) in [6, 6.07) is 7.75. The molecule has 0 unspecified atom stereocenters. The van der Waals surface area contributed by atoms with Crippen molar-refractivity contribution in [3.63, 3.8) is 0 Å². The lowest BCUT2D eigenvalue weighted by molar-refractivity contribution is 0.102. The topological polar surface area (TPSA) is 80.9 Å². The van der Waals surface area contributed by atoms with Crippen LogP contribution in [-0.2, 0) is 0 Å². The highest BCUT2D eigenvalue weighted by molar-refractivity contribution is 7.22. The zero-order chi connectivity index (χ0) is 16.8. The van der Waals surface area contributed by atoms with Gasteiger partial charge in [-0.3, -0.25) is 10.1 Å². The van der Waals surface area contributed by atoms with Gasteiger partial charge in [0.05, 0.1) is 26.9 Å². The normalized spacial score (nSPS) is 11.3. The van der Waals surface area contributed by atoms with Crippen molar-refractivity contribution in [2.45, 2.75) is 20.8 Å². The van der Waals surface area contributed by atoms with Crippen LogP contribution in [0.1, 0.15) is 27.3 Å². The lowest BCUT2D eigenvalue weighted by Gasteiger charge is -2.04. The molecule has 4 aromatic rings. The molecule has 6 nitrogen and oxygen atoms in total. The van der Waals surface area contributed by atoms with Crippen LogP contribution in [0.3, 0.4) is 0 Å². The highest BCUT2D eigenvalue weighted by atomic mass is 32.1. The number of aromatic nitrogens is 3. The maximum absolute atomic E-state index is 12.7. The van der Waals surface area contributed by atoms with Crippen LogP contribution >= 0.6 is 11.3 Å². The van der Waals surface area contributed by atoms with Gasteiger partial charge in [0.25, 0.3) is 11.6 Å². The molecule has 0 spiro atoms. The van der Waals surface area contributed by atoms with Crippen LogP contribution in [0.5, 0.6) is 0 Å². The van der Waals surface area contributed by atoms with Crippen molar-refractivity contribution in [3.05, 3.63) is 46.8 Å². The molecule has 3 heterocycles. The fourth-order valence-electron chi connectivity index (χ4n) is 2.65. The van der Waals surface area contributed by atoms with Crippen LogP contribution in [-0.4, -0.2) is 21.0 Å². The number of pyridine rings is 1. The van der Waals surface area contributed by atoms with Gasteiger partial charge in [0.1, 0.15) is 0 Å². The van der Waals surface area contributed by atoms with E-state index in [-0.39, 0.29) is 5.91 Å². The smallest absolute Gasteiger partial charge is 0.258 e. The molecule has 0 aliphatic carbocycles. The van der Waals surface area contributed by atoms with Crippen molar-refractivity contribution in [1.82, 2.24) is 15.1 Å². The fourth-order valence-corrected chi connectivity index (χ4v) is 3.61. The molecule has 0 aliphatic heterocycles. The third kappa shape index (κ3) is 2.43. The Hall–Kier alpha value is -2.80. The molecule has 1 amide bonds. The van der Waals surface area contributed by atoms with Gasteiger partial charge in [0, 0.05) is 5.69 Å². The number of rotatable bonds is 2. The molecule has 0 radical (unpaired) electrons. The van der Waals surface area contributed by atoms with Gasteiger partial charge < -0.3 is 4.52 Å². The molecule has 0 saturated carbocycles. The molecule has 0 atom stereocenters. The molecule has 0 aliphatic rings. The summed E-state index contributed by atoms with van der Waals surface area (Å²) in [5.41, 5.74) is 4.24. The minimum Gasteiger partial charge on any atom is -0.336 e. The second-order valence-corrected chi connectivity index (χ2v) is 6.73. The first-order valence-electron chi connectivity index (χ1n) is 7.43. The lowest BCUT2D eigenvalue weighted by Crippen LogP contribution is -2.13. The number of aryl methyl sites for hydroxylation is 3. The Morgan fingerprint density at radius 1 is 1.17 bits per heavy atom. The molecular weight excluding hydrogens is 324 g/mol. The van der Waals surface area contributed by atoms with Gasteiger partial charge in [-0.1, -0.05) is 22.6 Å². The van der Waals surface area contributed by atoms with Crippen molar-refractivity contribution in [3.8, 4) is 0 Å². The number of nitrogens with one attached hydrogen (secondary N) is 1. The second kappa shape index (κ2) is 5.38. The first-order valence-corrected chi connectivity index (χ1v) is 8.25. The van der Waals surface area contributed by atoms with E-state index in [0.29, 0.717) is 33.2 Å². The van der Waals surface area contributed by atoms with Crippen LogP contribution in [0.2, 0.25) is 0 Å². The summed E-state index contributed by atoms with van der Waals surface area (Å²) in [4.78, 5) is 21.5. The van der Waals surface area contributed by atoms with Gasteiger partial charge in [-0.15, -0.1) is 0 Å². The number of thiazole rings is 1. The number of carbonyl (C=O) groups is 1. The molecule has 24 heavy (non-hydrogen) atoms. The van der Waals surface area contributed by atoms with E-state index in [1.807, 2.05) is 26.0 Å². The predicted octanol–water partition coefficient (Wildman–Crippen LogP) is 4.01. The Balaban J connectivity index is 1.74. The molecule has 0 bridgehead atoms. The molecule has 1 aromatic carbocycles. The average molecular weight is 338 g/mol. The number of benzene rings is 1. The number of hydrogen-bond donors (Lipinski definition) is 1. The van der Waals surface area contributed by atoms with Crippen molar-refractivity contribution in [1.29, 1.82) is 0 Å². The molecule has 0 saturated heterocycles. The van der Waals surface area contributed by atoms with E-state index < -0.39 is 0 Å². The summed E-state index contributed by atoms with van der Waals surface area (Å²) in [7, 11) is 0. The second-order valence-electron chi connectivity index (χ2n) is 5.70. The maximum Gasteiger partial charge on any atom is 0.258 e. The molecule has 120 valence electrons. The first kappa shape index (κ1) is 14.8. The quantitative estimate of drug-likeness (QED) is 0.597. The largest absolute Gasteiger partial charge is 0.336 e. The maximum atomic E-state index is 12.7. The number of anilines is 1. The molecule has 0 fully saturated rings. The summed E-state index contributed by atoms with van der Waals surface area (Å²) in [6.45, 7) is 5.64. The van der Waals surface area contributed by atoms with Gasteiger partial charge >= 0.3 is 0 Å². The van der Waals surface area contributed by atoms with Crippen molar-refractivity contribution in [2.75, 3.05) is 5.32 Å². The van der Waals surface area contributed by atoms with E-state index in [1.54, 1.807) is 13.0 Å². The number of nitrogens with zero attached hydrogens (tertiary/aromatic N) is 3. The number of hydrogen-bond acceptors (Lipinski definition) is 6. The molecular formula is C17H14N4O2S. The number of amides is 1. The van der Waals surface area contributed by atoms with Gasteiger partial charge in [0.15, 0.2) is 5.13 Å². The van der Waals surface area contributed by atoms with Gasteiger partial charge in [-0.05, 0) is 44.5 Å². The van der Waals surface area contributed by atoms with Crippen LogP contribution in [0.25, 0.3) is 21.3 Å². The summed E-state index contributed by atoms with van der Waals surface area (Å²) < 4.78 is 6.22. The molecule has 3 aromatic heterocycles. The Morgan fingerprint density at radius 3 is 2.83 bits per heavy atom. The summed E-state index contributed by atoms with van der Waals surface area (Å²) in [6.07, 6.45) is 0. The Morgan fingerprint density at radius 2 is 2.00 bits per heavy atom. The van der Waals surface area contributed by atoms with E-state index >= 15 is 0 Å². The third-order valence-electron chi connectivity index (χ3n) is 3.75. The molecule has 1 N–H and O–H groups in total. The van der Waals surface area contributed by atoms with Crippen molar-refractivity contribution >= 4 is 43.7 Å². The van der Waals surface area contributed by atoms with Crippen molar-refractivity contribution in [2.24, 2.45) is 0 Å². The zero-order valence-corrected chi connectivity index (χ0v) is 14.2.